The Balaban J connectivity index is 1.91. The SMILES string of the molecule is CCN(CC(=O)Nc1c(F)cccc1F)C(=O)CCc1ccc(C(=O)O)cc1. The molecule has 0 bridgehead atoms. The van der Waals surface area contributed by atoms with E-state index in [0.717, 1.165) is 17.7 Å². The maximum Gasteiger partial charge on any atom is 0.335 e. The minimum Gasteiger partial charge on any atom is -0.478 e. The van der Waals surface area contributed by atoms with Gasteiger partial charge in [-0.1, -0.05) is 18.2 Å². The molecule has 0 aromatic heterocycles. The van der Waals surface area contributed by atoms with Crippen LogP contribution in [0.5, 0.6) is 0 Å². The molecule has 6 nitrogen and oxygen atoms in total. The van der Waals surface area contributed by atoms with E-state index in [0.29, 0.717) is 6.42 Å². The number of para-hydroxylation sites is 1. The van der Waals surface area contributed by atoms with Crippen molar-refractivity contribution in [3.05, 3.63) is 65.2 Å². The minimum absolute atomic E-state index is 0.113. The molecule has 0 spiro atoms. The zero-order valence-corrected chi connectivity index (χ0v) is 15.2. The number of amides is 2. The summed E-state index contributed by atoms with van der Waals surface area (Å²) in [5.41, 5.74) is 0.393. The van der Waals surface area contributed by atoms with Crippen LogP contribution in [-0.2, 0) is 16.0 Å². The first-order valence-corrected chi connectivity index (χ1v) is 8.65. The largest absolute Gasteiger partial charge is 0.478 e. The molecule has 0 aliphatic carbocycles. The van der Waals surface area contributed by atoms with Crippen LogP contribution >= 0.6 is 0 Å². The molecule has 8 heteroatoms. The first kappa shape index (κ1) is 21.0. The maximum atomic E-state index is 13.6. The van der Waals surface area contributed by atoms with Crippen molar-refractivity contribution in [2.45, 2.75) is 19.8 Å². The van der Waals surface area contributed by atoms with Gasteiger partial charge in [0.1, 0.15) is 17.3 Å². The van der Waals surface area contributed by atoms with Gasteiger partial charge in [-0.15, -0.1) is 0 Å². The van der Waals surface area contributed by atoms with Crippen molar-refractivity contribution in [3.63, 3.8) is 0 Å². The smallest absolute Gasteiger partial charge is 0.335 e. The van der Waals surface area contributed by atoms with Crippen molar-refractivity contribution in [1.29, 1.82) is 0 Å². The van der Waals surface area contributed by atoms with Crippen molar-refractivity contribution in [2.75, 3.05) is 18.4 Å². The number of rotatable bonds is 8. The average molecular weight is 390 g/mol. The zero-order valence-electron chi connectivity index (χ0n) is 15.2. The Morgan fingerprint density at radius 2 is 1.64 bits per heavy atom. The summed E-state index contributed by atoms with van der Waals surface area (Å²) in [4.78, 5) is 36.5. The number of carbonyl (C=O) groups excluding carboxylic acids is 2. The van der Waals surface area contributed by atoms with E-state index < -0.39 is 29.2 Å². The Morgan fingerprint density at radius 3 is 2.18 bits per heavy atom. The standard InChI is InChI=1S/C20H20F2N2O4/c1-2-24(12-17(25)23-19-15(21)4-3-5-16(19)22)18(26)11-8-13-6-9-14(10-7-13)20(27)28/h3-7,9-10H,2,8,11-12H2,1H3,(H,23,25)(H,27,28). The molecule has 0 unspecified atom stereocenters. The van der Waals surface area contributed by atoms with Gasteiger partial charge in [0, 0.05) is 13.0 Å². The third kappa shape index (κ3) is 5.60. The number of carboxylic acid groups (broad SMARTS) is 1. The molecule has 2 aromatic carbocycles. The van der Waals surface area contributed by atoms with Gasteiger partial charge in [0.2, 0.25) is 11.8 Å². The highest BCUT2D eigenvalue weighted by Crippen LogP contribution is 2.18. The highest BCUT2D eigenvalue weighted by molar-refractivity contribution is 5.94. The lowest BCUT2D eigenvalue weighted by atomic mass is 10.1. The number of benzene rings is 2. The normalized spacial score (nSPS) is 10.4. The summed E-state index contributed by atoms with van der Waals surface area (Å²) >= 11 is 0. The Labute approximate surface area is 160 Å². The number of aromatic carboxylic acids is 1. The maximum absolute atomic E-state index is 13.6. The van der Waals surface area contributed by atoms with Gasteiger partial charge >= 0.3 is 5.97 Å². The second-order valence-electron chi connectivity index (χ2n) is 6.05. The number of hydrogen-bond acceptors (Lipinski definition) is 3. The Bertz CT molecular complexity index is 849. The van der Waals surface area contributed by atoms with E-state index in [1.165, 1.54) is 23.1 Å². The first-order valence-electron chi connectivity index (χ1n) is 8.65. The molecule has 2 aromatic rings. The molecule has 0 aliphatic heterocycles. The number of hydrogen-bond donors (Lipinski definition) is 2. The summed E-state index contributed by atoms with van der Waals surface area (Å²) < 4.78 is 27.2. The van der Waals surface area contributed by atoms with Gasteiger partial charge in [0.15, 0.2) is 0 Å². The predicted octanol–water partition coefficient (Wildman–Crippen LogP) is 3.08. The predicted molar refractivity (Wildman–Crippen MR) is 99.0 cm³/mol. The Hall–Kier alpha value is -3.29. The van der Waals surface area contributed by atoms with Crippen molar-refractivity contribution in [1.82, 2.24) is 4.90 Å². The van der Waals surface area contributed by atoms with Crippen LogP contribution in [0, 0.1) is 11.6 Å². The highest BCUT2D eigenvalue weighted by atomic mass is 19.1. The Kier molecular flexibility index (Phi) is 7.20. The van der Waals surface area contributed by atoms with Crippen LogP contribution in [0.25, 0.3) is 0 Å². The van der Waals surface area contributed by atoms with E-state index in [-0.39, 0.29) is 31.0 Å². The lowest BCUT2D eigenvalue weighted by Gasteiger charge is -2.20. The van der Waals surface area contributed by atoms with Gasteiger partial charge in [-0.3, -0.25) is 9.59 Å². The summed E-state index contributed by atoms with van der Waals surface area (Å²) in [5, 5.41) is 11.0. The summed E-state index contributed by atoms with van der Waals surface area (Å²) in [6.07, 6.45) is 0.486. The molecule has 28 heavy (non-hydrogen) atoms. The number of carbonyl (C=O) groups is 3. The van der Waals surface area contributed by atoms with Crippen molar-refractivity contribution in [3.8, 4) is 0 Å². The first-order chi connectivity index (χ1) is 13.3. The highest BCUT2D eigenvalue weighted by Gasteiger charge is 2.18. The molecule has 2 rings (SSSR count). The van der Waals surface area contributed by atoms with E-state index in [2.05, 4.69) is 5.32 Å². The van der Waals surface area contributed by atoms with Crippen LogP contribution < -0.4 is 5.32 Å². The van der Waals surface area contributed by atoms with Gasteiger partial charge < -0.3 is 15.3 Å². The van der Waals surface area contributed by atoms with E-state index >= 15 is 0 Å². The molecule has 148 valence electrons. The third-order valence-electron chi connectivity index (χ3n) is 4.12. The number of aryl methyl sites for hydroxylation is 1. The van der Waals surface area contributed by atoms with Crippen molar-refractivity contribution >= 4 is 23.5 Å². The average Bonchev–Trinajstić information content (AvgIpc) is 2.67. The topological polar surface area (TPSA) is 86.7 Å². The molecular formula is C20H20F2N2O4. The number of likely N-dealkylation sites (N-methyl/N-ethyl adjacent to an activating group) is 1. The number of anilines is 1. The van der Waals surface area contributed by atoms with Crippen LogP contribution in [0.2, 0.25) is 0 Å². The van der Waals surface area contributed by atoms with Gasteiger partial charge in [-0.05, 0) is 43.2 Å². The van der Waals surface area contributed by atoms with E-state index in [4.69, 9.17) is 5.11 Å². The number of carboxylic acids is 1. The molecule has 0 saturated carbocycles. The summed E-state index contributed by atoms with van der Waals surface area (Å²) in [7, 11) is 0. The van der Waals surface area contributed by atoms with Gasteiger partial charge in [-0.25, -0.2) is 13.6 Å². The lowest BCUT2D eigenvalue weighted by Crippen LogP contribution is -2.38. The molecule has 2 amide bonds. The fourth-order valence-corrected chi connectivity index (χ4v) is 2.57. The quantitative estimate of drug-likeness (QED) is 0.725. The fourth-order valence-electron chi connectivity index (χ4n) is 2.57. The minimum atomic E-state index is -1.03. The second-order valence-corrected chi connectivity index (χ2v) is 6.05. The molecule has 0 atom stereocenters. The molecular weight excluding hydrogens is 370 g/mol. The second kappa shape index (κ2) is 9.59. The molecule has 0 fully saturated rings. The Morgan fingerprint density at radius 1 is 1.04 bits per heavy atom. The molecule has 0 radical (unpaired) electrons. The van der Waals surface area contributed by atoms with Crippen molar-refractivity contribution in [2.24, 2.45) is 0 Å². The van der Waals surface area contributed by atoms with Crippen LogP contribution in [0.15, 0.2) is 42.5 Å². The zero-order chi connectivity index (χ0) is 20.7. The van der Waals surface area contributed by atoms with Gasteiger partial charge in [-0.2, -0.15) is 0 Å². The fraction of sp³-hybridized carbons (Fsp3) is 0.250. The van der Waals surface area contributed by atoms with E-state index in [1.54, 1.807) is 19.1 Å². The summed E-state index contributed by atoms with van der Waals surface area (Å²) in [6, 6.07) is 9.40. The monoisotopic (exact) mass is 390 g/mol. The number of halogens is 2. The van der Waals surface area contributed by atoms with Crippen LogP contribution in [0.4, 0.5) is 14.5 Å². The third-order valence-corrected chi connectivity index (χ3v) is 4.12. The van der Waals surface area contributed by atoms with E-state index in [1.807, 2.05) is 0 Å². The van der Waals surface area contributed by atoms with Crippen LogP contribution in [-0.4, -0.2) is 40.9 Å². The summed E-state index contributed by atoms with van der Waals surface area (Å²) in [6.45, 7) is 1.61. The van der Waals surface area contributed by atoms with Crippen LogP contribution in [0.3, 0.4) is 0 Å². The van der Waals surface area contributed by atoms with E-state index in [9.17, 15) is 23.2 Å². The van der Waals surface area contributed by atoms with Gasteiger partial charge in [0.25, 0.3) is 0 Å². The lowest BCUT2D eigenvalue weighted by molar-refractivity contribution is -0.134. The van der Waals surface area contributed by atoms with Gasteiger partial charge in [0.05, 0.1) is 12.1 Å². The van der Waals surface area contributed by atoms with Crippen LogP contribution in [0.1, 0.15) is 29.3 Å². The number of nitrogens with one attached hydrogen (secondary N) is 1. The molecule has 0 saturated heterocycles. The summed E-state index contributed by atoms with van der Waals surface area (Å²) in [5.74, 6) is -3.82. The number of nitrogens with zero attached hydrogens (tertiary/aromatic N) is 1. The molecule has 2 N–H and O–H groups in total. The van der Waals surface area contributed by atoms with Crippen molar-refractivity contribution < 1.29 is 28.3 Å². The molecule has 0 heterocycles. The molecule has 0 aliphatic rings.